The molecule has 1 unspecified atom stereocenters. The molecular weight excluding hydrogens is 244 g/mol. The van der Waals surface area contributed by atoms with Crippen molar-refractivity contribution in [2.45, 2.75) is 32.6 Å². The van der Waals surface area contributed by atoms with Gasteiger partial charge in [0.25, 0.3) is 0 Å². The largest absolute Gasteiger partial charge is 0.355 e. The summed E-state index contributed by atoms with van der Waals surface area (Å²) in [4.78, 5) is 13.4. The van der Waals surface area contributed by atoms with E-state index in [2.05, 4.69) is 42.9 Å². The highest BCUT2D eigenvalue weighted by Crippen LogP contribution is 2.30. The molecule has 0 aliphatic carbocycles. The first-order chi connectivity index (χ1) is 8.50. The molecule has 2 rings (SSSR count). The molecule has 0 spiro atoms. The number of carbonyl (C=O) groups is 1. The van der Waals surface area contributed by atoms with E-state index < -0.39 is 0 Å². The van der Waals surface area contributed by atoms with Crippen LogP contribution >= 0.6 is 11.3 Å². The van der Waals surface area contributed by atoms with Gasteiger partial charge in [-0.1, -0.05) is 13.8 Å². The molecule has 1 saturated heterocycles. The van der Waals surface area contributed by atoms with Gasteiger partial charge in [0.05, 0.1) is 5.92 Å². The van der Waals surface area contributed by atoms with Crippen LogP contribution in [0.15, 0.2) is 11.4 Å². The maximum Gasteiger partial charge on any atom is 0.224 e. The van der Waals surface area contributed by atoms with Crippen LogP contribution < -0.4 is 10.6 Å². The number of hydrogen-bond acceptors (Lipinski definition) is 3. The molecule has 2 heterocycles. The Kier molecular flexibility index (Phi) is 4.07. The van der Waals surface area contributed by atoms with E-state index in [9.17, 15) is 4.79 Å². The van der Waals surface area contributed by atoms with E-state index in [4.69, 9.17) is 0 Å². The molecule has 100 valence electrons. The summed E-state index contributed by atoms with van der Waals surface area (Å²) in [5.41, 5.74) is 1.33. The number of carbonyl (C=O) groups excluding carboxylic acids is 1. The first-order valence-electron chi connectivity index (χ1n) is 6.54. The van der Waals surface area contributed by atoms with Gasteiger partial charge in [0.2, 0.25) is 5.91 Å². The SMILES string of the molecule is Cc1ccsc1C(C)(C)CNC(=O)C1CCNC1. The Morgan fingerprint density at radius 1 is 1.61 bits per heavy atom. The number of amides is 1. The smallest absolute Gasteiger partial charge is 0.224 e. The molecule has 1 amide bonds. The highest BCUT2D eigenvalue weighted by Gasteiger charge is 2.27. The lowest BCUT2D eigenvalue weighted by atomic mass is 9.89. The van der Waals surface area contributed by atoms with Gasteiger partial charge in [0.15, 0.2) is 0 Å². The molecule has 0 aromatic carbocycles. The fourth-order valence-electron chi connectivity index (χ4n) is 2.48. The number of hydrogen-bond donors (Lipinski definition) is 2. The second kappa shape index (κ2) is 5.41. The van der Waals surface area contributed by atoms with Crippen molar-refractivity contribution in [2.24, 2.45) is 5.92 Å². The van der Waals surface area contributed by atoms with Crippen LogP contribution in [0.25, 0.3) is 0 Å². The molecule has 1 aliphatic rings. The third kappa shape index (κ3) is 2.93. The Morgan fingerprint density at radius 2 is 2.39 bits per heavy atom. The van der Waals surface area contributed by atoms with E-state index >= 15 is 0 Å². The standard InChI is InChI=1S/C14H22N2OS/c1-10-5-7-18-12(10)14(2,3)9-16-13(17)11-4-6-15-8-11/h5,7,11,15H,4,6,8-9H2,1-3H3,(H,16,17). The summed E-state index contributed by atoms with van der Waals surface area (Å²) >= 11 is 1.78. The summed E-state index contributed by atoms with van der Waals surface area (Å²) in [7, 11) is 0. The summed E-state index contributed by atoms with van der Waals surface area (Å²) in [6.45, 7) is 9.02. The lowest BCUT2D eigenvalue weighted by Gasteiger charge is -2.25. The quantitative estimate of drug-likeness (QED) is 0.876. The van der Waals surface area contributed by atoms with E-state index in [1.54, 1.807) is 11.3 Å². The normalized spacial score (nSPS) is 20.1. The summed E-state index contributed by atoms with van der Waals surface area (Å²) < 4.78 is 0. The number of aryl methyl sites for hydroxylation is 1. The average molecular weight is 266 g/mol. The fraction of sp³-hybridized carbons (Fsp3) is 0.643. The van der Waals surface area contributed by atoms with E-state index in [1.807, 2.05) is 0 Å². The molecule has 1 aromatic rings. The van der Waals surface area contributed by atoms with Gasteiger partial charge >= 0.3 is 0 Å². The Labute approximate surface area is 113 Å². The van der Waals surface area contributed by atoms with Crippen molar-refractivity contribution in [3.63, 3.8) is 0 Å². The molecule has 1 atom stereocenters. The maximum atomic E-state index is 12.0. The van der Waals surface area contributed by atoms with Crippen molar-refractivity contribution in [2.75, 3.05) is 19.6 Å². The highest BCUT2D eigenvalue weighted by molar-refractivity contribution is 7.10. The van der Waals surface area contributed by atoms with Gasteiger partial charge in [-0.05, 0) is 36.9 Å². The predicted octanol–water partition coefficient (Wildman–Crippen LogP) is 2.06. The molecule has 3 nitrogen and oxygen atoms in total. The molecule has 18 heavy (non-hydrogen) atoms. The molecular formula is C14H22N2OS. The Bertz CT molecular complexity index is 419. The molecule has 2 N–H and O–H groups in total. The van der Waals surface area contributed by atoms with Crippen LogP contribution in [0, 0.1) is 12.8 Å². The van der Waals surface area contributed by atoms with Crippen LogP contribution in [0.2, 0.25) is 0 Å². The average Bonchev–Trinajstić information content (AvgIpc) is 2.96. The van der Waals surface area contributed by atoms with Crippen LogP contribution in [-0.4, -0.2) is 25.5 Å². The third-order valence-corrected chi connectivity index (χ3v) is 4.99. The summed E-state index contributed by atoms with van der Waals surface area (Å²) in [5.74, 6) is 0.354. The monoisotopic (exact) mass is 266 g/mol. The van der Waals surface area contributed by atoms with Gasteiger partial charge in [-0.25, -0.2) is 0 Å². The van der Waals surface area contributed by atoms with Gasteiger partial charge in [0, 0.05) is 23.4 Å². The van der Waals surface area contributed by atoms with Crippen LogP contribution in [-0.2, 0) is 10.2 Å². The van der Waals surface area contributed by atoms with Crippen molar-refractivity contribution in [1.29, 1.82) is 0 Å². The van der Waals surface area contributed by atoms with Crippen molar-refractivity contribution in [3.05, 3.63) is 21.9 Å². The van der Waals surface area contributed by atoms with Crippen molar-refractivity contribution >= 4 is 17.2 Å². The van der Waals surface area contributed by atoms with Crippen LogP contribution in [0.1, 0.15) is 30.7 Å². The van der Waals surface area contributed by atoms with E-state index in [-0.39, 0.29) is 17.2 Å². The van der Waals surface area contributed by atoms with E-state index in [0.717, 1.165) is 19.5 Å². The number of thiophene rings is 1. The molecule has 1 aromatic heterocycles. The Balaban J connectivity index is 1.92. The summed E-state index contributed by atoms with van der Waals surface area (Å²) in [5, 5.41) is 8.46. The first-order valence-corrected chi connectivity index (χ1v) is 7.41. The minimum atomic E-state index is 0.0138. The second-order valence-corrected chi connectivity index (χ2v) is 6.64. The lowest BCUT2D eigenvalue weighted by molar-refractivity contribution is -0.124. The van der Waals surface area contributed by atoms with Gasteiger partial charge in [-0.2, -0.15) is 0 Å². The zero-order valence-corrected chi connectivity index (χ0v) is 12.2. The van der Waals surface area contributed by atoms with Gasteiger partial charge < -0.3 is 10.6 Å². The van der Waals surface area contributed by atoms with Crippen LogP contribution in [0.4, 0.5) is 0 Å². The van der Waals surface area contributed by atoms with Crippen LogP contribution in [0.3, 0.4) is 0 Å². The number of rotatable bonds is 4. The van der Waals surface area contributed by atoms with Gasteiger partial charge in [-0.15, -0.1) is 11.3 Å². The molecule has 0 saturated carbocycles. The Morgan fingerprint density at radius 3 is 2.94 bits per heavy atom. The minimum Gasteiger partial charge on any atom is -0.355 e. The molecule has 0 radical (unpaired) electrons. The van der Waals surface area contributed by atoms with E-state index in [1.165, 1.54) is 10.4 Å². The van der Waals surface area contributed by atoms with Crippen molar-refractivity contribution < 1.29 is 4.79 Å². The van der Waals surface area contributed by atoms with Crippen molar-refractivity contribution in [1.82, 2.24) is 10.6 Å². The zero-order chi connectivity index (χ0) is 13.2. The zero-order valence-electron chi connectivity index (χ0n) is 11.4. The summed E-state index contributed by atoms with van der Waals surface area (Å²) in [6, 6.07) is 2.14. The van der Waals surface area contributed by atoms with Crippen LogP contribution in [0.5, 0.6) is 0 Å². The summed E-state index contributed by atoms with van der Waals surface area (Å²) in [6.07, 6.45) is 0.963. The number of nitrogens with one attached hydrogen (secondary N) is 2. The fourth-order valence-corrected chi connectivity index (χ4v) is 3.53. The lowest BCUT2D eigenvalue weighted by Crippen LogP contribution is -2.40. The van der Waals surface area contributed by atoms with Gasteiger partial charge in [-0.3, -0.25) is 4.79 Å². The predicted molar refractivity (Wildman–Crippen MR) is 76.1 cm³/mol. The molecule has 4 heteroatoms. The Hall–Kier alpha value is -0.870. The highest BCUT2D eigenvalue weighted by atomic mass is 32.1. The van der Waals surface area contributed by atoms with E-state index in [0.29, 0.717) is 6.54 Å². The first kappa shape index (κ1) is 13.6. The third-order valence-electron chi connectivity index (χ3n) is 3.61. The molecule has 1 aliphatic heterocycles. The topological polar surface area (TPSA) is 41.1 Å². The van der Waals surface area contributed by atoms with Crippen molar-refractivity contribution in [3.8, 4) is 0 Å². The van der Waals surface area contributed by atoms with Gasteiger partial charge in [0.1, 0.15) is 0 Å². The maximum absolute atomic E-state index is 12.0. The second-order valence-electron chi connectivity index (χ2n) is 5.72. The molecule has 0 bridgehead atoms. The minimum absolute atomic E-state index is 0.0138. The molecule has 1 fully saturated rings.